The third-order valence-electron chi connectivity index (χ3n) is 5.40. The summed E-state index contributed by atoms with van der Waals surface area (Å²) in [5, 5.41) is 5.85. The van der Waals surface area contributed by atoms with Crippen LogP contribution in [-0.4, -0.2) is 42.9 Å². The van der Waals surface area contributed by atoms with Crippen molar-refractivity contribution in [3.05, 3.63) is 89.9 Å². The number of hydrogen-bond donors (Lipinski definition) is 0. The Kier molecular flexibility index (Phi) is 7.62. The number of ether oxygens (including phenoxy) is 3. The third-order valence-corrected chi connectivity index (χ3v) is 5.40. The summed E-state index contributed by atoms with van der Waals surface area (Å²) in [5.41, 5.74) is 2.40. The maximum atomic E-state index is 12.9. The molecule has 35 heavy (non-hydrogen) atoms. The molecule has 0 radical (unpaired) electrons. The molecule has 1 aliphatic rings. The fourth-order valence-electron chi connectivity index (χ4n) is 3.65. The van der Waals surface area contributed by atoms with Gasteiger partial charge in [0.2, 0.25) is 0 Å². The van der Waals surface area contributed by atoms with Gasteiger partial charge in [0.25, 0.3) is 5.91 Å². The largest absolute Gasteiger partial charge is 0.497 e. The van der Waals surface area contributed by atoms with Crippen LogP contribution in [0, 0.1) is 0 Å². The lowest BCUT2D eigenvalue weighted by molar-refractivity contribution is -0.149. The molecule has 0 spiro atoms. The van der Waals surface area contributed by atoms with Gasteiger partial charge in [-0.1, -0.05) is 12.1 Å². The van der Waals surface area contributed by atoms with E-state index in [2.05, 4.69) is 5.10 Å². The number of methoxy groups -OCH3 is 1. The molecular formula is C27H26N2O6. The number of nitrogens with zero attached hydrogens (tertiary/aromatic N) is 2. The average Bonchev–Trinajstić information content (AvgIpc) is 3.57. The van der Waals surface area contributed by atoms with Crippen molar-refractivity contribution in [1.82, 2.24) is 5.01 Å². The van der Waals surface area contributed by atoms with Crippen molar-refractivity contribution in [3.8, 4) is 11.5 Å². The molecule has 1 aliphatic heterocycles. The van der Waals surface area contributed by atoms with E-state index < -0.39 is 24.5 Å². The topological polar surface area (TPSA) is 90.6 Å². The van der Waals surface area contributed by atoms with Gasteiger partial charge in [0, 0.05) is 12.5 Å². The number of carbonyl (C=O) groups is 2. The van der Waals surface area contributed by atoms with Crippen molar-refractivity contribution in [1.29, 1.82) is 0 Å². The highest BCUT2D eigenvalue weighted by Gasteiger charge is 2.35. The molecule has 2 aromatic carbocycles. The highest BCUT2D eigenvalue weighted by atomic mass is 16.5. The summed E-state index contributed by atoms with van der Waals surface area (Å²) < 4.78 is 21.3. The molecule has 0 aliphatic carbocycles. The molecule has 1 amide bonds. The van der Waals surface area contributed by atoms with E-state index in [-0.39, 0.29) is 0 Å². The van der Waals surface area contributed by atoms with Gasteiger partial charge in [-0.3, -0.25) is 4.79 Å². The number of carbonyl (C=O) groups excluding carboxylic acids is 2. The number of hydrazone groups is 1. The maximum absolute atomic E-state index is 12.9. The van der Waals surface area contributed by atoms with Crippen molar-refractivity contribution >= 4 is 23.7 Å². The van der Waals surface area contributed by atoms with Crippen molar-refractivity contribution in [3.63, 3.8) is 0 Å². The van der Waals surface area contributed by atoms with Crippen LogP contribution in [0.25, 0.3) is 6.08 Å². The second kappa shape index (κ2) is 11.2. The first kappa shape index (κ1) is 23.8. The molecule has 2 heterocycles. The van der Waals surface area contributed by atoms with Gasteiger partial charge in [-0.05, 0) is 72.7 Å². The first-order chi connectivity index (χ1) is 17.1. The van der Waals surface area contributed by atoms with Gasteiger partial charge >= 0.3 is 5.97 Å². The van der Waals surface area contributed by atoms with Crippen LogP contribution in [0.3, 0.4) is 0 Å². The summed E-state index contributed by atoms with van der Waals surface area (Å²) in [6, 6.07) is 17.9. The van der Waals surface area contributed by atoms with Crippen molar-refractivity contribution in [2.75, 3.05) is 20.3 Å². The van der Waals surface area contributed by atoms with Gasteiger partial charge in [0.15, 0.2) is 6.61 Å². The minimum Gasteiger partial charge on any atom is -0.497 e. The quantitative estimate of drug-likeness (QED) is 0.332. The van der Waals surface area contributed by atoms with Gasteiger partial charge in [-0.2, -0.15) is 5.10 Å². The first-order valence-electron chi connectivity index (χ1n) is 11.2. The van der Waals surface area contributed by atoms with Crippen LogP contribution in [0.15, 0.2) is 82.5 Å². The number of rotatable bonds is 9. The highest BCUT2D eigenvalue weighted by Crippen LogP contribution is 2.33. The Morgan fingerprint density at radius 2 is 1.83 bits per heavy atom. The average molecular weight is 475 g/mol. The number of amides is 1. The van der Waals surface area contributed by atoms with Gasteiger partial charge in [-0.15, -0.1) is 0 Å². The Bertz CT molecular complexity index is 1200. The van der Waals surface area contributed by atoms with Gasteiger partial charge in [0.1, 0.15) is 23.3 Å². The smallest absolute Gasteiger partial charge is 0.331 e. The molecule has 1 aromatic heterocycles. The molecule has 1 atom stereocenters. The highest BCUT2D eigenvalue weighted by molar-refractivity contribution is 6.03. The Morgan fingerprint density at radius 1 is 1.09 bits per heavy atom. The SMILES string of the molecule is CCOc1ccc(/C=C/C(=O)OCC(=O)N2N=C(c3ccc(OC)cc3)CC2c2ccco2)cc1. The van der Waals surface area contributed by atoms with E-state index in [1.165, 1.54) is 11.1 Å². The zero-order valence-corrected chi connectivity index (χ0v) is 19.5. The molecule has 1 unspecified atom stereocenters. The van der Waals surface area contributed by atoms with E-state index in [0.717, 1.165) is 28.3 Å². The number of esters is 1. The van der Waals surface area contributed by atoms with Crippen LogP contribution in [-0.2, 0) is 14.3 Å². The molecule has 0 saturated heterocycles. The van der Waals surface area contributed by atoms with Crippen LogP contribution in [0.5, 0.6) is 11.5 Å². The van der Waals surface area contributed by atoms with Crippen LogP contribution in [0.2, 0.25) is 0 Å². The van der Waals surface area contributed by atoms with Gasteiger partial charge < -0.3 is 18.6 Å². The molecule has 8 heteroatoms. The summed E-state index contributed by atoms with van der Waals surface area (Å²) >= 11 is 0. The summed E-state index contributed by atoms with van der Waals surface area (Å²) in [7, 11) is 1.60. The Balaban J connectivity index is 1.40. The third kappa shape index (κ3) is 5.97. The minimum atomic E-state index is -0.625. The predicted molar refractivity (Wildman–Crippen MR) is 130 cm³/mol. The second-order valence-electron chi connectivity index (χ2n) is 7.69. The molecule has 180 valence electrons. The fourth-order valence-corrected chi connectivity index (χ4v) is 3.65. The van der Waals surface area contributed by atoms with Crippen molar-refractivity contribution in [2.45, 2.75) is 19.4 Å². The van der Waals surface area contributed by atoms with E-state index in [4.69, 9.17) is 18.6 Å². The molecule has 0 N–H and O–H groups in total. The predicted octanol–water partition coefficient (Wildman–Crippen LogP) is 4.62. The van der Waals surface area contributed by atoms with Gasteiger partial charge in [0.05, 0.1) is 25.7 Å². The zero-order chi connectivity index (χ0) is 24.6. The molecule has 8 nitrogen and oxygen atoms in total. The lowest BCUT2D eigenvalue weighted by atomic mass is 10.0. The summed E-state index contributed by atoms with van der Waals surface area (Å²) in [5.74, 6) is 1.02. The Labute approximate surface area is 203 Å². The summed E-state index contributed by atoms with van der Waals surface area (Å²) in [6.45, 7) is 2.05. The molecule has 4 rings (SSSR count). The fraction of sp³-hybridized carbons (Fsp3) is 0.222. The van der Waals surface area contributed by atoms with Crippen molar-refractivity contribution in [2.24, 2.45) is 5.10 Å². The molecule has 0 bridgehead atoms. The minimum absolute atomic E-state index is 0.423. The first-order valence-corrected chi connectivity index (χ1v) is 11.2. The number of furan rings is 1. The van der Waals surface area contributed by atoms with Crippen LogP contribution in [0.4, 0.5) is 0 Å². The normalized spacial score (nSPS) is 15.2. The monoisotopic (exact) mass is 474 g/mol. The van der Waals surface area contributed by atoms with E-state index in [1.54, 1.807) is 31.6 Å². The second-order valence-corrected chi connectivity index (χ2v) is 7.69. The number of hydrogen-bond acceptors (Lipinski definition) is 7. The Hall–Kier alpha value is -4.33. The van der Waals surface area contributed by atoms with E-state index in [1.807, 2.05) is 55.5 Å². The molecule has 0 saturated carbocycles. The lowest BCUT2D eigenvalue weighted by Gasteiger charge is -2.19. The number of benzene rings is 2. The maximum Gasteiger partial charge on any atom is 0.331 e. The van der Waals surface area contributed by atoms with Crippen LogP contribution >= 0.6 is 0 Å². The van der Waals surface area contributed by atoms with Crippen LogP contribution in [0.1, 0.15) is 36.3 Å². The zero-order valence-electron chi connectivity index (χ0n) is 19.5. The molecule has 0 fully saturated rings. The molecular weight excluding hydrogens is 448 g/mol. The van der Waals surface area contributed by atoms with Crippen molar-refractivity contribution < 1.29 is 28.2 Å². The molecule has 3 aromatic rings. The summed E-state index contributed by atoms with van der Waals surface area (Å²) in [6.07, 6.45) is 4.92. The lowest BCUT2D eigenvalue weighted by Crippen LogP contribution is -2.31. The van der Waals surface area contributed by atoms with E-state index in [0.29, 0.717) is 18.8 Å². The van der Waals surface area contributed by atoms with E-state index >= 15 is 0 Å². The summed E-state index contributed by atoms with van der Waals surface area (Å²) in [4.78, 5) is 25.1. The van der Waals surface area contributed by atoms with Gasteiger partial charge in [-0.25, -0.2) is 9.80 Å². The standard InChI is InChI=1S/C27H26N2O6/c1-3-33-22-11-6-19(7-12-22)8-15-27(31)35-18-26(30)29-24(25-5-4-16-34-25)17-23(28-29)20-9-13-21(32-2)14-10-20/h4-16,24H,3,17-18H2,1-2H3/b15-8+. The van der Waals surface area contributed by atoms with E-state index in [9.17, 15) is 9.59 Å². The van der Waals surface area contributed by atoms with Crippen LogP contribution < -0.4 is 9.47 Å². The Morgan fingerprint density at radius 3 is 2.49 bits per heavy atom.